The highest BCUT2D eigenvalue weighted by Crippen LogP contribution is 2.21. The van der Waals surface area contributed by atoms with E-state index in [9.17, 15) is 4.79 Å². The molecule has 1 atom stereocenters. The average molecular weight is 255 g/mol. The second kappa shape index (κ2) is 6.16. The summed E-state index contributed by atoms with van der Waals surface area (Å²) >= 11 is 0. The van der Waals surface area contributed by atoms with E-state index in [1.165, 1.54) is 0 Å². The number of hydrogen-bond donors (Lipinski definition) is 1. The number of Topliss-reactive ketones (excluding diaryl/α,β-unsaturated/α-hetero) is 1. The molecule has 0 aliphatic heterocycles. The normalized spacial score (nSPS) is 11.9. The van der Waals surface area contributed by atoms with Gasteiger partial charge in [0, 0.05) is 5.56 Å². The molecule has 2 aromatic rings. The summed E-state index contributed by atoms with van der Waals surface area (Å²) in [6.07, 6.45) is 0. The number of likely N-dealkylation sites (N-methyl/N-ethyl adjacent to an activating group) is 1. The Morgan fingerprint density at radius 1 is 1.05 bits per heavy atom. The maximum atomic E-state index is 12.4. The van der Waals surface area contributed by atoms with E-state index >= 15 is 0 Å². The lowest BCUT2D eigenvalue weighted by Gasteiger charge is -2.16. The molecule has 0 aromatic heterocycles. The van der Waals surface area contributed by atoms with Crippen LogP contribution >= 0.6 is 0 Å². The second-order valence-corrected chi connectivity index (χ2v) is 4.23. The lowest BCUT2D eigenvalue weighted by molar-refractivity contribution is 0.0947. The smallest absolute Gasteiger partial charge is 0.184 e. The van der Waals surface area contributed by atoms with Crippen molar-refractivity contribution in [3.8, 4) is 5.75 Å². The van der Waals surface area contributed by atoms with Gasteiger partial charge in [-0.05, 0) is 24.7 Å². The Kier molecular flexibility index (Phi) is 4.31. The average Bonchev–Trinajstić information content (AvgIpc) is 2.49. The van der Waals surface area contributed by atoms with Gasteiger partial charge in [-0.15, -0.1) is 0 Å². The number of carbonyl (C=O) groups is 1. The van der Waals surface area contributed by atoms with Crippen molar-refractivity contribution >= 4 is 5.78 Å². The third-order valence-electron chi connectivity index (χ3n) is 3.06. The molecular weight excluding hydrogens is 238 g/mol. The third kappa shape index (κ3) is 3.01. The molecule has 0 radical (unpaired) electrons. The van der Waals surface area contributed by atoms with E-state index in [1.807, 2.05) is 54.6 Å². The predicted octanol–water partition coefficient (Wildman–Crippen LogP) is 2.84. The third-order valence-corrected chi connectivity index (χ3v) is 3.06. The van der Waals surface area contributed by atoms with Gasteiger partial charge in [-0.1, -0.05) is 42.5 Å². The zero-order valence-corrected chi connectivity index (χ0v) is 11.1. The first-order chi connectivity index (χ1) is 9.26. The number of methoxy groups -OCH3 is 1. The van der Waals surface area contributed by atoms with Gasteiger partial charge in [0.1, 0.15) is 5.75 Å². The molecular formula is C16H17NO2. The van der Waals surface area contributed by atoms with Crippen molar-refractivity contribution in [1.82, 2.24) is 5.32 Å². The fourth-order valence-corrected chi connectivity index (χ4v) is 2.01. The van der Waals surface area contributed by atoms with Crippen LogP contribution in [0.2, 0.25) is 0 Å². The van der Waals surface area contributed by atoms with E-state index in [1.54, 1.807) is 14.2 Å². The van der Waals surface area contributed by atoms with Crippen LogP contribution in [-0.2, 0) is 0 Å². The molecule has 0 amide bonds. The zero-order chi connectivity index (χ0) is 13.7. The number of ether oxygens (including phenoxy) is 1. The number of carbonyl (C=O) groups excluding carboxylic acids is 1. The summed E-state index contributed by atoms with van der Waals surface area (Å²) in [7, 11) is 3.41. The maximum Gasteiger partial charge on any atom is 0.184 e. The van der Waals surface area contributed by atoms with Crippen LogP contribution in [0.5, 0.6) is 5.75 Å². The topological polar surface area (TPSA) is 38.3 Å². The van der Waals surface area contributed by atoms with Crippen molar-refractivity contribution in [3.05, 3.63) is 65.7 Å². The molecule has 0 aliphatic carbocycles. The molecule has 3 nitrogen and oxygen atoms in total. The maximum absolute atomic E-state index is 12.4. The van der Waals surface area contributed by atoms with Crippen LogP contribution in [0, 0.1) is 0 Å². The summed E-state index contributed by atoms with van der Waals surface area (Å²) in [5, 5.41) is 3.06. The highest BCUT2D eigenvalue weighted by atomic mass is 16.5. The van der Waals surface area contributed by atoms with E-state index in [2.05, 4.69) is 5.32 Å². The van der Waals surface area contributed by atoms with Crippen LogP contribution in [-0.4, -0.2) is 19.9 Å². The van der Waals surface area contributed by atoms with Gasteiger partial charge in [-0.25, -0.2) is 0 Å². The van der Waals surface area contributed by atoms with Gasteiger partial charge in [0.15, 0.2) is 5.78 Å². The minimum atomic E-state index is -0.340. The first-order valence-electron chi connectivity index (χ1n) is 6.16. The van der Waals surface area contributed by atoms with E-state index in [4.69, 9.17) is 4.74 Å². The van der Waals surface area contributed by atoms with Gasteiger partial charge in [0.25, 0.3) is 0 Å². The van der Waals surface area contributed by atoms with Crippen molar-refractivity contribution < 1.29 is 9.53 Å². The molecule has 2 aromatic carbocycles. The van der Waals surface area contributed by atoms with Gasteiger partial charge >= 0.3 is 0 Å². The predicted molar refractivity (Wildman–Crippen MR) is 75.6 cm³/mol. The largest absolute Gasteiger partial charge is 0.497 e. The molecule has 3 heteroatoms. The molecule has 0 spiro atoms. The quantitative estimate of drug-likeness (QED) is 0.835. The molecule has 0 saturated heterocycles. The van der Waals surface area contributed by atoms with Crippen LogP contribution in [0.15, 0.2) is 54.6 Å². The zero-order valence-electron chi connectivity index (χ0n) is 11.1. The van der Waals surface area contributed by atoms with Crippen LogP contribution in [0.1, 0.15) is 22.0 Å². The van der Waals surface area contributed by atoms with Gasteiger partial charge in [0.2, 0.25) is 0 Å². The summed E-state index contributed by atoms with van der Waals surface area (Å²) in [6.45, 7) is 0. The number of nitrogens with one attached hydrogen (secondary N) is 1. The number of rotatable bonds is 5. The van der Waals surface area contributed by atoms with Gasteiger partial charge < -0.3 is 10.1 Å². The Hall–Kier alpha value is -2.13. The summed E-state index contributed by atoms with van der Waals surface area (Å²) in [6, 6.07) is 16.5. The first kappa shape index (κ1) is 13.3. The molecule has 98 valence electrons. The molecule has 1 N–H and O–H groups in total. The molecule has 0 aliphatic rings. The number of ketones is 1. The van der Waals surface area contributed by atoms with Crippen molar-refractivity contribution in [2.45, 2.75) is 6.04 Å². The van der Waals surface area contributed by atoms with E-state index in [0.29, 0.717) is 5.56 Å². The summed E-state index contributed by atoms with van der Waals surface area (Å²) in [5.74, 6) is 0.846. The molecule has 0 heterocycles. The van der Waals surface area contributed by atoms with Crippen molar-refractivity contribution in [2.24, 2.45) is 0 Å². The fraction of sp³-hybridized carbons (Fsp3) is 0.188. The Labute approximate surface area is 113 Å². The summed E-state index contributed by atoms with van der Waals surface area (Å²) < 4.78 is 5.12. The van der Waals surface area contributed by atoms with Crippen LogP contribution in [0.3, 0.4) is 0 Å². The Bertz CT molecular complexity index is 534. The van der Waals surface area contributed by atoms with Crippen LogP contribution < -0.4 is 10.1 Å². The summed E-state index contributed by atoms with van der Waals surface area (Å²) in [4.78, 5) is 12.4. The van der Waals surface area contributed by atoms with Crippen molar-refractivity contribution in [3.63, 3.8) is 0 Å². The molecule has 0 bridgehead atoms. The standard InChI is InChI=1S/C16H17NO2/c1-17-15(12-8-10-14(19-2)11-9-12)16(18)13-6-4-3-5-7-13/h3-11,15,17H,1-2H3. The van der Waals surface area contributed by atoms with Gasteiger partial charge in [-0.2, -0.15) is 0 Å². The number of benzene rings is 2. The van der Waals surface area contributed by atoms with E-state index in [-0.39, 0.29) is 11.8 Å². The van der Waals surface area contributed by atoms with Crippen molar-refractivity contribution in [2.75, 3.05) is 14.2 Å². The van der Waals surface area contributed by atoms with E-state index in [0.717, 1.165) is 11.3 Å². The second-order valence-electron chi connectivity index (χ2n) is 4.23. The van der Waals surface area contributed by atoms with Crippen LogP contribution in [0.4, 0.5) is 0 Å². The molecule has 0 saturated carbocycles. The molecule has 2 rings (SSSR count). The van der Waals surface area contributed by atoms with Crippen molar-refractivity contribution in [1.29, 1.82) is 0 Å². The SMILES string of the molecule is CNC(C(=O)c1ccccc1)c1ccc(OC)cc1. The highest BCUT2D eigenvalue weighted by Gasteiger charge is 2.19. The highest BCUT2D eigenvalue weighted by molar-refractivity contribution is 6.00. The monoisotopic (exact) mass is 255 g/mol. The Morgan fingerprint density at radius 2 is 1.68 bits per heavy atom. The Morgan fingerprint density at radius 3 is 2.21 bits per heavy atom. The molecule has 0 fully saturated rings. The number of hydrogen-bond acceptors (Lipinski definition) is 3. The minimum absolute atomic E-state index is 0.0632. The Balaban J connectivity index is 2.26. The first-order valence-corrected chi connectivity index (χ1v) is 6.16. The molecule has 19 heavy (non-hydrogen) atoms. The molecule has 1 unspecified atom stereocenters. The van der Waals surface area contributed by atoms with E-state index < -0.39 is 0 Å². The fourth-order valence-electron chi connectivity index (χ4n) is 2.01. The van der Waals surface area contributed by atoms with Gasteiger partial charge in [0.05, 0.1) is 13.2 Å². The summed E-state index contributed by atoms with van der Waals surface area (Å²) in [5.41, 5.74) is 1.63. The lowest BCUT2D eigenvalue weighted by atomic mass is 9.97. The van der Waals surface area contributed by atoms with Gasteiger partial charge in [-0.3, -0.25) is 4.79 Å². The van der Waals surface area contributed by atoms with Crippen LogP contribution in [0.25, 0.3) is 0 Å². The lowest BCUT2D eigenvalue weighted by Crippen LogP contribution is -2.25. The minimum Gasteiger partial charge on any atom is -0.497 e.